The van der Waals surface area contributed by atoms with E-state index in [1.165, 1.54) is 11.3 Å². The zero-order valence-corrected chi connectivity index (χ0v) is 15.6. The van der Waals surface area contributed by atoms with Crippen molar-refractivity contribution in [3.05, 3.63) is 33.7 Å². The summed E-state index contributed by atoms with van der Waals surface area (Å²) >= 11 is 2.12. The number of aliphatic carboxylic acids is 1. The Morgan fingerprint density at radius 1 is 1.33 bits per heavy atom. The van der Waals surface area contributed by atoms with E-state index < -0.39 is 52.6 Å². The van der Waals surface area contributed by atoms with Gasteiger partial charge in [-0.2, -0.15) is 0 Å². The molecule has 3 rings (SSSR count). The summed E-state index contributed by atoms with van der Waals surface area (Å²) in [6.07, 6.45) is 0.0894. The Bertz CT molecular complexity index is 862. The molecule has 0 unspecified atom stereocenters. The number of carbonyl (C=O) groups is 5. The highest BCUT2D eigenvalue weighted by Crippen LogP contribution is 2.41. The van der Waals surface area contributed by atoms with Crippen molar-refractivity contribution in [3.8, 4) is 0 Å². The number of hydrogen-bond acceptors (Lipinski definition) is 8. The van der Waals surface area contributed by atoms with Crippen LogP contribution in [0.5, 0.6) is 0 Å². The lowest BCUT2D eigenvalue weighted by Gasteiger charge is -2.48. The zero-order chi connectivity index (χ0) is 19.7. The van der Waals surface area contributed by atoms with E-state index in [1.54, 1.807) is 12.1 Å². The SMILES string of the molecule is CC(=O)OCC1=C(C(=O)O)N2C(=O)[C@@H](NC(=O)Cc3cccs3)[C@H]2SC1=O. The summed E-state index contributed by atoms with van der Waals surface area (Å²) in [7, 11) is 0. The largest absolute Gasteiger partial charge is 0.477 e. The van der Waals surface area contributed by atoms with Crippen LogP contribution in [0.3, 0.4) is 0 Å². The number of rotatable bonds is 6. The van der Waals surface area contributed by atoms with Crippen LogP contribution in [0.4, 0.5) is 0 Å². The Hall–Kier alpha value is -2.66. The number of carbonyl (C=O) groups excluding carboxylic acids is 4. The Morgan fingerprint density at radius 2 is 2.07 bits per heavy atom. The number of amides is 2. The van der Waals surface area contributed by atoms with Crippen LogP contribution in [0.2, 0.25) is 0 Å². The van der Waals surface area contributed by atoms with Crippen molar-refractivity contribution >= 4 is 52.0 Å². The van der Waals surface area contributed by atoms with Gasteiger partial charge in [0.15, 0.2) is 0 Å². The van der Waals surface area contributed by atoms with Crippen molar-refractivity contribution in [2.75, 3.05) is 6.61 Å². The van der Waals surface area contributed by atoms with Crippen molar-refractivity contribution in [2.45, 2.75) is 24.8 Å². The summed E-state index contributed by atoms with van der Waals surface area (Å²) in [5.74, 6) is -3.18. The van der Waals surface area contributed by atoms with Gasteiger partial charge in [-0.1, -0.05) is 17.8 Å². The molecular formula is C16H14N2O7S2. The van der Waals surface area contributed by atoms with E-state index in [-0.39, 0.29) is 12.0 Å². The van der Waals surface area contributed by atoms with Gasteiger partial charge in [-0.15, -0.1) is 11.3 Å². The average Bonchev–Trinajstić information content (AvgIpc) is 3.10. The number of fused-ring (bicyclic) bond motifs is 1. The van der Waals surface area contributed by atoms with Gasteiger partial charge in [0.05, 0.1) is 12.0 Å². The smallest absolute Gasteiger partial charge is 0.353 e. The molecule has 2 aliphatic rings. The lowest BCUT2D eigenvalue weighted by Crippen LogP contribution is -2.71. The Balaban J connectivity index is 1.76. The monoisotopic (exact) mass is 410 g/mol. The number of β-lactam (4-membered cyclic amide) rings is 1. The fourth-order valence-electron chi connectivity index (χ4n) is 2.71. The number of hydrogen-bond donors (Lipinski definition) is 2. The molecule has 0 saturated carbocycles. The molecule has 1 aromatic rings. The average molecular weight is 410 g/mol. The summed E-state index contributed by atoms with van der Waals surface area (Å²) in [5, 5.41) is 12.4. The molecule has 0 aliphatic carbocycles. The fourth-order valence-corrected chi connectivity index (χ4v) is 4.56. The summed E-state index contributed by atoms with van der Waals surface area (Å²) in [6, 6.07) is 2.59. The van der Waals surface area contributed by atoms with Crippen LogP contribution in [0, 0.1) is 0 Å². The molecule has 2 aliphatic heterocycles. The minimum atomic E-state index is -1.48. The van der Waals surface area contributed by atoms with E-state index in [9.17, 15) is 29.1 Å². The quantitative estimate of drug-likeness (QED) is 0.500. The van der Waals surface area contributed by atoms with E-state index in [4.69, 9.17) is 4.74 Å². The topological polar surface area (TPSA) is 130 Å². The Labute approximate surface area is 161 Å². The molecule has 0 spiro atoms. The van der Waals surface area contributed by atoms with Gasteiger partial charge >= 0.3 is 11.9 Å². The van der Waals surface area contributed by atoms with Crippen molar-refractivity contribution in [1.29, 1.82) is 0 Å². The van der Waals surface area contributed by atoms with Gasteiger partial charge in [0, 0.05) is 11.8 Å². The molecule has 2 amide bonds. The number of thioether (sulfide) groups is 1. The highest BCUT2D eigenvalue weighted by atomic mass is 32.2. The second-order valence-electron chi connectivity index (χ2n) is 5.72. The summed E-state index contributed by atoms with van der Waals surface area (Å²) < 4.78 is 4.72. The normalized spacial score (nSPS) is 21.4. The molecule has 9 nitrogen and oxygen atoms in total. The third-order valence-electron chi connectivity index (χ3n) is 3.90. The minimum Gasteiger partial charge on any atom is -0.477 e. The predicted molar refractivity (Wildman–Crippen MR) is 94.5 cm³/mol. The first kappa shape index (κ1) is 19.1. The van der Waals surface area contributed by atoms with E-state index >= 15 is 0 Å². The minimum absolute atomic E-state index is 0.0894. The van der Waals surface area contributed by atoms with Gasteiger partial charge < -0.3 is 15.2 Å². The van der Waals surface area contributed by atoms with Crippen molar-refractivity contribution in [1.82, 2.24) is 10.2 Å². The molecule has 0 radical (unpaired) electrons. The molecule has 1 saturated heterocycles. The first-order chi connectivity index (χ1) is 12.8. The fraction of sp³-hybridized carbons (Fsp3) is 0.312. The molecule has 0 bridgehead atoms. The van der Waals surface area contributed by atoms with E-state index in [1.807, 2.05) is 5.38 Å². The van der Waals surface area contributed by atoms with E-state index in [0.29, 0.717) is 0 Å². The van der Waals surface area contributed by atoms with Crippen LogP contribution in [0.25, 0.3) is 0 Å². The van der Waals surface area contributed by atoms with Crippen LogP contribution in [-0.4, -0.2) is 56.9 Å². The number of nitrogens with zero attached hydrogens (tertiary/aromatic N) is 1. The molecule has 142 valence electrons. The molecule has 1 fully saturated rings. The van der Waals surface area contributed by atoms with Crippen molar-refractivity contribution in [2.24, 2.45) is 0 Å². The number of carboxylic acid groups (broad SMARTS) is 1. The van der Waals surface area contributed by atoms with Gasteiger partial charge in [0.25, 0.3) is 5.91 Å². The van der Waals surface area contributed by atoms with Gasteiger partial charge in [-0.3, -0.25) is 24.1 Å². The highest BCUT2D eigenvalue weighted by Gasteiger charge is 2.56. The summed E-state index contributed by atoms with van der Waals surface area (Å²) in [5.41, 5.74) is -0.783. The van der Waals surface area contributed by atoms with E-state index in [2.05, 4.69) is 5.32 Å². The van der Waals surface area contributed by atoms with Crippen LogP contribution in [-0.2, 0) is 35.1 Å². The van der Waals surface area contributed by atoms with Crippen molar-refractivity contribution < 1.29 is 33.8 Å². The molecule has 1 aromatic heterocycles. The lowest BCUT2D eigenvalue weighted by molar-refractivity contribution is -0.151. The molecule has 11 heteroatoms. The van der Waals surface area contributed by atoms with Gasteiger partial charge in [0.1, 0.15) is 23.7 Å². The molecule has 0 aromatic carbocycles. The Morgan fingerprint density at radius 3 is 2.67 bits per heavy atom. The van der Waals surface area contributed by atoms with Crippen LogP contribution >= 0.6 is 23.1 Å². The van der Waals surface area contributed by atoms with E-state index in [0.717, 1.165) is 28.5 Å². The third-order valence-corrected chi connectivity index (χ3v) is 5.96. The second kappa shape index (κ2) is 7.53. The van der Waals surface area contributed by atoms with Crippen molar-refractivity contribution in [3.63, 3.8) is 0 Å². The highest BCUT2D eigenvalue weighted by molar-refractivity contribution is 8.14. The van der Waals surface area contributed by atoms with Gasteiger partial charge in [0.2, 0.25) is 11.0 Å². The number of carboxylic acids is 1. The zero-order valence-electron chi connectivity index (χ0n) is 14.0. The molecule has 27 heavy (non-hydrogen) atoms. The maximum atomic E-state index is 12.4. The number of esters is 1. The van der Waals surface area contributed by atoms with Crippen LogP contribution < -0.4 is 5.32 Å². The first-order valence-electron chi connectivity index (χ1n) is 7.75. The lowest BCUT2D eigenvalue weighted by atomic mass is 10.0. The molecule has 2 atom stereocenters. The van der Waals surface area contributed by atoms with Gasteiger partial charge in [-0.05, 0) is 11.4 Å². The third kappa shape index (κ3) is 3.74. The maximum Gasteiger partial charge on any atom is 0.353 e. The molecule has 3 heterocycles. The second-order valence-corrected chi connectivity index (χ2v) is 7.84. The number of nitrogens with one attached hydrogen (secondary N) is 1. The first-order valence-corrected chi connectivity index (χ1v) is 9.51. The predicted octanol–water partition coefficient (Wildman–Crippen LogP) is 0.119. The number of thiophene rings is 1. The standard InChI is InChI=1S/C16H14N2O7S2/c1-7(19)25-6-9-12(15(22)23)18-13(21)11(14(18)27-16(9)24)17-10(20)5-8-3-2-4-26-8/h2-4,11,14H,5-6H2,1H3,(H,17,20)(H,22,23)/t11-,14-/m1/s1. The molecular weight excluding hydrogens is 396 g/mol. The number of ether oxygens (including phenoxy) is 1. The molecule has 2 N–H and O–H groups in total. The summed E-state index contributed by atoms with van der Waals surface area (Å²) in [4.78, 5) is 61.2. The Kier molecular flexibility index (Phi) is 5.33. The summed E-state index contributed by atoms with van der Waals surface area (Å²) in [6.45, 7) is 0.590. The maximum absolute atomic E-state index is 12.4. The van der Waals surface area contributed by atoms with Crippen LogP contribution in [0.1, 0.15) is 11.8 Å². The van der Waals surface area contributed by atoms with Crippen LogP contribution in [0.15, 0.2) is 28.8 Å². The van der Waals surface area contributed by atoms with Gasteiger partial charge in [-0.25, -0.2) is 4.79 Å².